The molecular weight excluding hydrogens is 156 g/mol. The highest BCUT2D eigenvalue weighted by Crippen LogP contribution is 2.05. The van der Waals surface area contributed by atoms with E-state index in [9.17, 15) is 4.79 Å². The number of nitrogen functional groups attached to an aromatic ring is 1. The van der Waals surface area contributed by atoms with Crippen LogP contribution in [0.15, 0.2) is 6.07 Å². The van der Waals surface area contributed by atoms with E-state index in [4.69, 9.17) is 5.73 Å². The second kappa shape index (κ2) is 3.08. The van der Waals surface area contributed by atoms with Crippen molar-refractivity contribution in [3.05, 3.63) is 29.8 Å². The number of rotatable bonds is 1. The van der Waals surface area contributed by atoms with Crippen LogP contribution in [0.3, 0.4) is 0 Å². The summed E-state index contributed by atoms with van der Waals surface area (Å²) in [7, 11) is 3.10. The Kier molecular flexibility index (Phi) is 2.14. The van der Waals surface area contributed by atoms with Crippen molar-refractivity contribution in [1.82, 2.24) is 9.97 Å². The highest BCUT2D eigenvalue weighted by atomic mass is 16.1. The minimum absolute atomic E-state index is 0.0713. The average Bonchev–Trinajstić information content (AvgIpc) is 2.01. The molecule has 5 heteroatoms. The molecule has 1 heterocycles. The lowest BCUT2D eigenvalue weighted by molar-refractivity contribution is 0.103. The molecule has 1 aromatic rings. The first-order valence-electron chi connectivity index (χ1n) is 3.25. The van der Waals surface area contributed by atoms with Gasteiger partial charge in [-0.1, -0.05) is 0 Å². The largest absolute Gasteiger partial charge is 0.454 e. The molecular formula is C7H8N4O. The maximum Gasteiger partial charge on any atom is 0.220 e. The maximum absolute atomic E-state index is 10.9. The van der Waals surface area contributed by atoms with Gasteiger partial charge in [0.2, 0.25) is 5.95 Å². The Bertz CT molecular complexity index is 290. The van der Waals surface area contributed by atoms with Crippen molar-refractivity contribution in [2.24, 2.45) is 0 Å². The average molecular weight is 164 g/mol. The van der Waals surface area contributed by atoms with Gasteiger partial charge in [0.1, 0.15) is 5.91 Å². The van der Waals surface area contributed by atoms with Crippen molar-refractivity contribution >= 4 is 11.9 Å². The predicted molar refractivity (Wildman–Crippen MR) is 44.2 cm³/mol. The van der Waals surface area contributed by atoms with Crippen LogP contribution in [0.5, 0.6) is 0 Å². The maximum atomic E-state index is 10.9. The number of hydrogen-bond donors (Lipinski definition) is 1. The van der Waals surface area contributed by atoms with Crippen LogP contribution in [-0.4, -0.2) is 15.9 Å². The fourth-order valence-corrected chi connectivity index (χ4v) is 0.782. The Labute approximate surface area is 70.0 Å². The van der Waals surface area contributed by atoms with Gasteiger partial charge in [0.15, 0.2) is 0 Å². The first-order chi connectivity index (χ1) is 5.63. The summed E-state index contributed by atoms with van der Waals surface area (Å²) < 4.78 is 0. The molecule has 0 saturated heterocycles. The molecule has 12 heavy (non-hydrogen) atoms. The first-order valence-corrected chi connectivity index (χ1v) is 3.25. The smallest absolute Gasteiger partial charge is 0.220 e. The summed E-state index contributed by atoms with van der Waals surface area (Å²) >= 11 is 0. The molecule has 0 bridgehead atoms. The summed E-state index contributed by atoms with van der Waals surface area (Å²) in [5.41, 5.74) is 6.13. The highest BCUT2D eigenvalue weighted by molar-refractivity contribution is 6.02. The van der Waals surface area contributed by atoms with Gasteiger partial charge in [-0.15, -0.1) is 0 Å². The van der Waals surface area contributed by atoms with Crippen molar-refractivity contribution in [1.29, 1.82) is 0 Å². The van der Waals surface area contributed by atoms with E-state index in [1.165, 1.54) is 6.07 Å². The van der Waals surface area contributed by atoms with Gasteiger partial charge in [-0.3, -0.25) is 0 Å². The number of aryl methyl sites for hydroxylation is 1. The highest BCUT2D eigenvalue weighted by Gasteiger charge is 2.01. The minimum atomic E-state index is -0.493. The number of nitrogens with two attached hydrogens (primary N) is 1. The number of carbonyl (C=O) groups excluding carboxylic acids is 1. The van der Waals surface area contributed by atoms with Crippen LogP contribution in [0.25, 0.3) is 5.32 Å². The third-order valence-corrected chi connectivity index (χ3v) is 1.23. The lowest BCUT2D eigenvalue weighted by Crippen LogP contribution is -2.05. The summed E-state index contributed by atoms with van der Waals surface area (Å²) in [4.78, 5) is 18.4. The van der Waals surface area contributed by atoms with Crippen LogP contribution in [-0.2, 0) is 0 Å². The van der Waals surface area contributed by atoms with Gasteiger partial charge >= 0.3 is 0 Å². The first kappa shape index (κ1) is 8.32. The second-order valence-electron chi connectivity index (χ2n) is 2.22. The van der Waals surface area contributed by atoms with Crippen molar-refractivity contribution in [2.45, 2.75) is 6.92 Å². The van der Waals surface area contributed by atoms with Crippen LogP contribution < -0.4 is 5.73 Å². The zero-order valence-electron chi connectivity index (χ0n) is 6.61. The molecule has 62 valence electrons. The Hall–Kier alpha value is -1.78. The Morgan fingerprint density at radius 2 is 2.33 bits per heavy atom. The van der Waals surface area contributed by atoms with E-state index in [-0.39, 0.29) is 11.6 Å². The fraction of sp³-hybridized carbons (Fsp3) is 0.143. The topological polar surface area (TPSA) is 83.0 Å². The zero-order valence-corrected chi connectivity index (χ0v) is 6.61. The number of carbonyl (C=O) groups is 1. The van der Waals surface area contributed by atoms with E-state index in [0.717, 1.165) is 0 Å². The van der Waals surface area contributed by atoms with Crippen molar-refractivity contribution in [3.63, 3.8) is 0 Å². The molecule has 0 radical (unpaired) electrons. The van der Waals surface area contributed by atoms with E-state index in [1.54, 1.807) is 6.92 Å². The molecule has 0 spiro atoms. The van der Waals surface area contributed by atoms with Crippen LogP contribution in [0.2, 0.25) is 0 Å². The molecule has 1 amide bonds. The number of anilines is 1. The van der Waals surface area contributed by atoms with E-state index in [1.807, 2.05) is 0 Å². The summed E-state index contributed by atoms with van der Waals surface area (Å²) in [6.07, 6.45) is 0. The Morgan fingerprint density at radius 1 is 1.67 bits per heavy atom. The summed E-state index contributed by atoms with van der Waals surface area (Å²) in [6, 6.07) is 1.51. The third-order valence-electron chi connectivity index (χ3n) is 1.23. The molecule has 0 aliphatic rings. The quantitative estimate of drug-likeness (QED) is 0.618. The Balaban J connectivity index is 3.08. The van der Waals surface area contributed by atoms with Gasteiger partial charge < -0.3 is 15.8 Å². The van der Waals surface area contributed by atoms with Gasteiger partial charge in [0.25, 0.3) is 0 Å². The van der Waals surface area contributed by atoms with E-state index < -0.39 is 5.91 Å². The molecule has 1 aromatic heterocycles. The van der Waals surface area contributed by atoms with Crippen LogP contribution in [0, 0.1) is 14.0 Å². The monoisotopic (exact) mass is 164 g/mol. The molecule has 0 atom stereocenters. The van der Waals surface area contributed by atoms with Crippen molar-refractivity contribution in [3.8, 4) is 0 Å². The number of aromatic nitrogens is 2. The van der Waals surface area contributed by atoms with Crippen LogP contribution in [0.1, 0.15) is 16.2 Å². The fourth-order valence-electron chi connectivity index (χ4n) is 0.782. The normalized spacial score (nSPS) is 9.42. The standard InChI is InChI=1S/C7H8N4O/c1-4-3-5(6(12)9-2)11-7(8)10-4/h3H,2H2,1H3,(H2-,8,9,10,11,12). The molecule has 0 saturated carbocycles. The minimum Gasteiger partial charge on any atom is -0.454 e. The van der Waals surface area contributed by atoms with Crippen molar-refractivity contribution in [2.75, 3.05) is 5.73 Å². The molecule has 0 aliphatic carbocycles. The van der Waals surface area contributed by atoms with Gasteiger partial charge in [0.05, 0.1) is 5.69 Å². The Morgan fingerprint density at radius 3 is 2.83 bits per heavy atom. The summed E-state index contributed by atoms with van der Waals surface area (Å²) in [5.74, 6) is -0.422. The summed E-state index contributed by atoms with van der Waals surface area (Å²) in [5, 5.41) is 3.21. The zero-order chi connectivity index (χ0) is 9.14. The van der Waals surface area contributed by atoms with Gasteiger partial charge in [-0.25, -0.2) is 9.97 Å². The van der Waals surface area contributed by atoms with Crippen molar-refractivity contribution < 1.29 is 4.79 Å². The number of nitrogens with zero attached hydrogens (tertiary/aromatic N) is 3. The molecule has 0 aromatic carbocycles. The van der Waals surface area contributed by atoms with E-state index >= 15 is 0 Å². The van der Waals surface area contributed by atoms with Crippen LogP contribution >= 0.6 is 0 Å². The van der Waals surface area contributed by atoms with E-state index in [2.05, 4.69) is 22.3 Å². The second-order valence-corrected chi connectivity index (χ2v) is 2.22. The van der Waals surface area contributed by atoms with Crippen LogP contribution in [0.4, 0.5) is 5.95 Å². The molecule has 2 N–H and O–H groups in total. The number of amides is 1. The van der Waals surface area contributed by atoms with Gasteiger partial charge in [-0.2, -0.15) is 0 Å². The summed E-state index contributed by atoms with van der Waals surface area (Å²) in [6.45, 7) is 1.72. The molecule has 0 unspecified atom stereocenters. The predicted octanol–water partition coefficient (Wildman–Crippen LogP) is 0.673. The third kappa shape index (κ3) is 1.63. The SMILES string of the molecule is [CH2+][N-]C(=O)c1cc(C)nc(N)n1. The lowest BCUT2D eigenvalue weighted by Gasteiger charge is -2.04. The molecule has 5 nitrogen and oxygen atoms in total. The van der Waals surface area contributed by atoms with Gasteiger partial charge in [-0.05, 0) is 13.0 Å². The van der Waals surface area contributed by atoms with Gasteiger partial charge in [0, 0.05) is 12.7 Å². The molecule has 0 aliphatic heterocycles. The lowest BCUT2D eigenvalue weighted by atomic mass is 10.3. The number of hydrogen-bond acceptors (Lipinski definition) is 4. The van der Waals surface area contributed by atoms with E-state index in [0.29, 0.717) is 5.69 Å². The molecule has 1 rings (SSSR count). The molecule has 0 fully saturated rings.